The summed E-state index contributed by atoms with van der Waals surface area (Å²) in [5, 5.41) is 12.3. The van der Waals surface area contributed by atoms with E-state index < -0.39 is 53.8 Å². The minimum absolute atomic E-state index is 0.0279. The third kappa shape index (κ3) is 8.20. The van der Waals surface area contributed by atoms with Crippen LogP contribution in [0.15, 0.2) is 66.3 Å². The van der Waals surface area contributed by atoms with Crippen molar-refractivity contribution in [3.8, 4) is 22.1 Å². The standard InChI is InChI=1S/C31H29F6N7O3S/c1-42-12-13-44(17-21(42)16-43(2)29(46)31(35,36)37)27-23(8-9-24(26(27)30(32,33)34)47-22-6-4-3-5-7-22)41-25(45)14-20-18-48-28(40-20)19-10-11-38-39-15-19/h3-11,15,18,21H,12-14,16-17H2,1-2H3,(H,41,45)/t21-/m0/s1. The maximum absolute atomic E-state index is 15.0. The van der Waals surface area contributed by atoms with Crippen LogP contribution in [-0.4, -0.2) is 89.3 Å². The number of piperazine rings is 1. The maximum atomic E-state index is 15.0. The van der Waals surface area contributed by atoms with Crippen molar-refractivity contribution in [1.29, 1.82) is 0 Å². The van der Waals surface area contributed by atoms with Crippen LogP contribution < -0.4 is 15.0 Å². The van der Waals surface area contributed by atoms with Crippen LogP contribution in [0.5, 0.6) is 11.5 Å². The molecule has 0 aliphatic carbocycles. The lowest BCUT2D eigenvalue weighted by Gasteiger charge is -2.43. The van der Waals surface area contributed by atoms with Gasteiger partial charge in [0.05, 0.1) is 35.9 Å². The molecular weight excluding hydrogens is 664 g/mol. The molecule has 5 rings (SSSR count). The average Bonchev–Trinajstić information content (AvgIpc) is 3.50. The summed E-state index contributed by atoms with van der Waals surface area (Å²) in [6.45, 7) is -0.422. The van der Waals surface area contributed by atoms with Gasteiger partial charge in [-0.3, -0.25) is 14.5 Å². The number of alkyl halides is 6. The molecule has 0 spiro atoms. The molecule has 1 aliphatic rings. The second-order valence-electron chi connectivity index (χ2n) is 11.0. The molecule has 2 aromatic heterocycles. The number of hydrogen-bond acceptors (Lipinski definition) is 9. The molecule has 2 amide bonds. The quantitative estimate of drug-likeness (QED) is 0.222. The summed E-state index contributed by atoms with van der Waals surface area (Å²) in [5.74, 6) is -3.11. The van der Waals surface area contributed by atoms with Crippen molar-refractivity contribution in [2.45, 2.75) is 24.8 Å². The van der Waals surface area contributed by atoms with Gasteiger partial charge in [0.2, 0.25) is 5.91 Å². The van der Waals surface area contributed by atoms with E-state index in [4.69, 9.17) is 4.74 Å². The van der Waals surface area contributed by atoms with Crippen LogP contribution in [0.3, 0.4) is 0 Å². The van der Waals surface area contributed by atoms with Gasteiger partial charge in [-0.25, -0.2) is 4.98 Å². The van der Waals surface area contributed by atoms with Gasteiger partial charge < -0.3 is 19.9 Å². The number of anilines is 2. The van der Waals surface area contributed by atoms with Crippen molar-refractivity contribution in [1.82, 2.24) is 25.0 Å². The first-order valence-electron chi connectivity index (χ1n) is 14.5. The molecule has 48 heavy (non-hydrogen) atoms. The van der Waals surface area contributed by atoms with Crippen molar-refractivity contribution in [2.75, 3.05) is 50.5 Å². The van der Waals surface area contributed by atoms with Gasteiger partial charge in [0.15, 0.2) is 0 Å². The molecule has 1 fully saturated rings. The van der Waals surface area contributed by atoms with Crippen LogP contribution in [0.25, 0.3) is 10.6 Å². The molecule has 0 radical (unpaired) electrons. The molecule has 0 unspecified atom stereocenters. The zero-order chi connectivity index (χ0) is 34.6. The number of carbonyl (C=O) groups is 2. The Bertz CT molecular complexity index is 1740. The lowest BCUT2D eigenvalue weighted by molar-refractivity contribution is -0.184. The number of aromatic nitrogens is 3. The van der Waals surface area contributed by atoms with E-state index in [1.165, 1.54) is 46.8 Å². The number of rotatable bonds is 9. The van der Waals surface area contributed by atoms with Gasteiger partial charge in [-0.2, -0.15) is 36.5 Å². The normalized spacial score (nSPS) is 15.7. The van der Waals surface area contributed by atoms with E-state index in [0.29, 0.717) is 21.2 Å². The first-order chi connectivity index (χ1) is 22.7. The maximum Gasteiger partial charge on any atom is 0.471 e. The van der Waals surface area contributed by atoms with Crippen LogP contribution in [0.4, 0.5) is 37.7 Å². The monoisotopic (exact) mass is 693 g/mol. The predicted octanol–water partition coefficient (Wildman–Crippen LogP) is 5.73. The highest BCUT2D eigenvalue weighted by Gasteiger charge is 2.44. The summed E-state index contributed by atoms with van der Waals surface area (Å²) < 4.78 is 90.0. The van der Waals surface area contributed by atoms with E-state index in [-0.39, 0.29) is 37.5 Å². The summed E-state index contributed by atoms with van der Waals surface area (Å²) in [6.07, 6.45) is -7.35. The Morgan fingerprint density at radius 3 is 2.46 bits per heavy atom. The third-order valence-corrected chi connectivity index (χ3v) is 8.50. The van der Waals surface area contributed by atoms with Crippen LogP contribution in [0.2, 0.25) is 0 Å². The summed E-state index contributed by atoms with van der Waals surface area (Å²) in [4.78, 5) is 33.1. The Kier molecular flexibility index (Phi) is 10.2. The Hall–Kier alpha value is -4.77. The minimum atomic E-state index is -5.11. The van der Waals surface area contributed by atoms with Crippen molar-refractivity contribution in [3.63, 3.8) is 0 Å². The molecule has 1 aliphatic heterocycles. The van der Waals surface area contributed by atoms with E-state index in [9.17, 15) is 35.9 Å². The predicted molar refractivity (Wildman–Crippen MR) is 166 cm³/mol. The number of carbonyl (C=O) groups excluding carboxylic acids is 2. The van der Waals surface area contributed by atoms with Crippen molar-refractivity contribution >= 4 is 34.5 Å². The molecule has 17 heteroatoms. The number of thiazole rings is 1. The zero-order valence-corrected chi connectivity index (χ0v) is 26.4. The van der Waals surface area contributed by atoms with E-state index in [0.717, 1.165) is 13.1 Å². The van der Waals surface area contributed by atoms with Crippen molar-refractivity contribution < 1.29 is 40.7 Å². The molecule has 254 valence electrons. The van der Waals surface area contributed by atoms with Gasteiger partial charge in [0.25, 0.3) is 0 Å². The number of hydrogen-bond donors (Lipinski definition) is 1. The first-order valence-corrected chi connectivity index (χ1v) is 15.3. The number of ether oxygens (including phenoxy) is 1. The molecule has 10 nitrogen and oxygen atoms in total. The van der Waals surface area contributed by atoms with E-state index in [1.54, 1.807) is 41.6 Å². The Balaban J connectivity index is 1.49. The molecule has 3 heterocycles. The van der Waals surface area contributed by atoms with E-state index >= 15 is 0 Å². The SMILES string of the molecule is CN(C[C@H]1CN(c2c(NC(=O)Cc3csc(-c4ccnnc4)n3)ccc(Oc3ccccc3)c2C(F)(F)F)CCN1C)C(=O)C(F)(F)F. The van der Waals surface area contributed by atoms with Crippen LogP contribution in [0, 0.1) is 0 Å². The molecule has 2 aromatic carbocycles. The summed E-state index contributed by atoms with van der Waals surface area (Å²) in [5.41, 5.74) is -0.699. The fourth-order valence-electron chi connectivity index (χ4n) is 5.24. The van der Waals surface area contributed by atoms with Crippen LogP contribution in [0.1, 0.15) is 11.3 Å². The molecule has 0 saturated carbocycles. The second kappa shape index (κ2) is 14.1. The zero-order valence-electron chi connectivity index (χ0n) is 25.5. The number of likely N-dealkylation sites (N-methyl/N-ethyl adjacent to an activating group) is 2. The van der Waals surface area contributed by atoms with Gasteiger partial charge in [-0.05, 0) is 37.4 Å². The third-order valence-electron chi connectivity index (χ3n) is 7.56. The highest BCUT2D eigenvalue weighted by molar-refractivity contribution is 7.13. The van der Waals surface area contributed by atoms with Gasteiger partial charge in [0.1, 0.15) is 22.1 Å². The van der Waals surface area contributed by atoms with Gasteiger partial charge in [-0.15, -0.1) is 11.3 Å². The number of amides is 2. The van der Waals surface area contributed by atoms with Gasteiger partial charge >= 0.3 is 18.3 Å². The largest absolute Gasteiger partial charge is 0.471 e. The van der Waals surface area contributed by atoms with Crippen molar-refractivity contribution in [3.05, 3.63) is 77.6 Å². The number of nitrogens with zero attached hydrogens (tertiary/aromatic N) is 6. The number of nitrogens with one attached hydrogen (secondary N) is 1. The van der Waals surface area contributed by atoms with Crippen molar-refractivity contribution in [2.24, 2.45) is 0 Å². The molecular formula is C31H29F6N7O3S. The summed E-state index contributed by atoms with van der Waals surface area (Å²) >= 11 is 1.26. The van der Waals surface area contributed by atoms with Gasteiger partial charge in [-0.1, -0.05) is 18.2 Å². The minimum Gasteiger partial charge on any atom is -0.457 e. The first kappa shape index (κ1) is 34.6. The highest BCUT2D eigenvalue weighted by Crippen LogP contribution is 2.48. The lowest BCUT2D eigenvalue weighted by Crippen LogP contribution is -2.57. The number of para-hydroxylation sites is 1. The number of halogens is 6. The molecule has 1 N–H and O–H groups in total. The molecule has 1 atom stereocenters. The Morgan fingerprint density at radius 2 is 1.79 bits per heavy atom. The molecule has 4 aromatic rings. The summed E-state index contributed by atoms with van der Waals surface area (Å²) in [7, 11) is 2.60. The Labute approximate surface area is 275 Å². The number of benzene rings is 2. The van der Waals surface area contributed by atoms with Crippen LogP contribution >= 0.6 is 11.3 Å². The van der Waals surface area contributed by atoms with E-state index in [1.807, 2.05) is 0 Å². The topological polar surface area (TPSA) is 104 Å². The summed E-state index contributed by atoms with van der Waals surface area (Å²) in [6, 6.07) is 11.1. The van der Waals surface area contributed by atoms with Crippen LogP contribution in [-0.2, 0) is 22.2 Å². The average molecular weight is 694 g/mol. The highest BCUT2D eigenvalue weighted by atomic mass is 32.1. The van der Waals surface area contributed by atoms with Gasteiger partial charge in [0, 0.05) is 50.2 Å². The molecule has 1 saturated heterocycles. The Morgan fingerprint density at radius 1 is 1.04 bits per heavy atom. The smallest absolute Gasteiger partial charge is 0.457 e. The van der Waals surface area contributed by atoms with E-state index in [2.05, 4.69) is 20.5 Å². The fraction of sp³-hybridized carbons (Fsp3) is 0.323. The second-order valence-corrected chi connectivity index (χ2v) is 11.9. The lowest BCUT2D eigenvalue weighted by atomic mass is 10.0. The molecule has 0 bridgehead atoms. The fourth-order valence-corrected chi connectivity index (χ4v) is 6.05.